The van der Waals surface area contributed by atoms with Gasteiger partial charge in [-0.1, -0.05) is 12.2 Å². The molecule has 2 aliphatic heterocycles. The number of hydrogen-bond donors (Lipinski definition) is 2. The normalized spacial score (nSPS) is 27.7. The highest BCUT2D eigenvalue weighted by Crippen LogP contribution is 2.56. The highest BCUT2D eigenvalue weighted by atomic mass is 32.2. The lowest BCUT2D eigenvalue weighted by molar-refractivity contribution is -0.384. The third-order valence-corrected chi connectivity index (χ3v) is 6.98. The number of nitro benzene ring substituents is 1. The van der Waals surface area contributed by atoms with E-state index in [0.29, 0.717) is 0 Å². The molecule has 1 aromatic carbocycles. The number of nitrogens with one attached hydrogen (secondary N) is 1. The van der Waals surface area contributed by atoms with Crippen molar-refractivity contribution in [3.05, 3.63) is 52.1 Å². The number of ether oxygens (including phenoxy) is 3. The Balaban J connectivity index is 1.88. The number of nitro groups is 1. The summed E-state index contributed by atoms with van der Waals surface area (Å²) in [5.41, 5.74) is -1.37. The third-order valence-electron chi connectivity index (χ3n) is 5.48. The summed E-state index contributed by atoms with van der Waals surface area (Å²) >= 11 is 1.03. The zero-order valence-corrected chi connectivity index (χ0v) is 18.1. The number of aliphatic hydroxyl groups excluding tert-OH is 1. The van der Waals surface area contributed by atoms with Crippen molar-refractivity contribution in [3.63, 3.8) is 0 Å². The van der Waals surface area contributed by atoms with Crippen molar-refractivity contribution >= 4 is 35.3 Å². The molecule has 11 nitrogen and oxygen atoms in total. The van der Waals surface area contributed by atoms with Crippen LogP contribution in [-0.2, 0) is 23.8 Å². The van der Waals surface area contributed by atoms with E-state index in [-0.39, 0.29) is 30.2 Å². The van der Waals surface area contributed by atoms with Crippen LogP contribution in [0, 0.1) is 16.0 Å². The molecular weight excluding hydrogens is 444 g/mol. The summed E-state index contributed by atoms with van der Waals surface area (Å²) < 4.78 is 14.5. The molecule has 3 rings (SSSR count). The summed E-state index contributed by atoms with van der Waals surface area (Å²) in [7, 11) is 2.37. The maximum Gasteiger partial charge on any atom is 0.326 e. The van der Waals surface area contributed by atoms with E-state index in [4.69, 9.17) is 14.2 Å². The summed E-state index contributed by atoms with van der Waals surface area (Å²) in [6, 6.07) is 5.02. The lowest BCUT2D eigenvalue weighted by Gasteiger charge is -2.38. The number of methoxy groups -OCH3 is 2. The van der Waals surface area contributed by atoms with E-state index in [9.17, 15) is 29.6 Å². The van der Waals surface area contributed by atoms with Crippen molar-refractivity contribution in [2.45, 2.75) is 16.5 Å². The monoisotopic (exact) mass is 466 g/mol. The van der Waals surface area contributed by atoms with Gasteiger partial charge in [-0.15, -0.1) is 11.8 Å². The number of rotatable bonds is 9. The van der Waals surface area contributed by atoms with Crippen LogP contribution in [0.25, 0.3) is 0 Å². The molecule has 0 aliphatic carbocycles. The fourth-order valence-electron chi connectivity index (χ4n) is 4.07. The molecule has 1 amide bonds. The minimum atomic E-state index is -1.50. The van der Waals surface area contributed by atoms with E-state index in [1.165, 1.54) is 38.5 Å². The van der Waals surface area contributed by atoms with Gasteiger partial charge < -0.3 is 24.6 Å². The zero-order chi connectivity index (χ0) is 23.5. The molecule has 4 atom stereocenters. The Morgan fingerprint density at radius 3 is 2.50 bits per heavy atom. The first-order valence-electron chi connectivity index (χ1n) is 9.56. The fourth-order valence-corrected chi connectivity index (χ4v) is 5.45. The minimum absolute atomic E-state index is 0.140. The second-order valence-electron chi connectivity index (χ2n) is 7.15. The van der Waals surface area contributed by atoms with Gasteiger partial charge in [-0.25, -0.2) is 0 Å². The summed E-state index contributed by atoms with van der Waals surface area (Å²) in [4.78, 5) is 48.5. The van der Waals surface area contributed by atoms with Gasteiger partial charge in [0.05, 0.1) is 32.3 Å². The Bertz CT molecular complexity index is 951. The Morgan fingerprint density at radius 1 is 1.25 bits per heavy atom. The molecule has 0 saturated carbocycles. The van der Waals surface area contributed by atoms with Gasteiger partial charge in [0.2, 0.25) is 0 Å². The van der Waals surface area contributed by atoms with E-state index in [1.54, 1.807) is 12.2 Å². The summed E-state index contributed by atoms with van der Waals surface area (Å²) in [5.74, 6) is -2.99. The molecule has 2 N–H and O–H groups in total. The molecule has 12 heteroatoms. The van der Waals surface area contributed by atoms with E-state index in [2.05, 4.69) is 5.32 Å². The van der Waals surface area contributed by atoms with Gasteiger partial charge in [0.25, 0.3) is 11.6 Å². The van der Waals surface area contributed by atoms with Gasteiger partial charge >= 0.3 is 11.9 Å². The average molecular weight is 466 g/mol. The minimum Gasteiger partial charge on any atom is -0.469 e. The Labute approximate surface area is 187 Å². The first-order chi connectivity index (χ1) is 15.3. The number of esters is 2. The first kappa shape index (κ1) is 23.7. The first-order valence-corrected chi connectivity index (χ1v) is 10.5. The van der Waals surface area contributed by atoms with Crippen LogP contribution in [0.5, 0.6) is 0 Å². The molecule has 0 unspecified atom stereocenters. The largest absolute Gasteiger partial charge is 0.469 e. The highest BCUT2D eigenvalue weighted by molar-refractivity contribution is 8.01. The van der Waals surface area contributed by atoms with Crippen LogP contribution in [0.2, 0.25) is 0 Å². The number of amides is 1. The van der Waals surface area contributed by atoms with Gasteiger partial charge in [-0.05, 0) is 12.1 Å². The lowest BCUT2D eigenvalue weighted by Crippen LogP contribution is -2.58. The molecular formula is C20H22N2O9S. The third kappa shape index (κ3) is 3.85. The predicted molar refractivity (Wildman–Crippen MR) is 112 cm³/mol. The Morgan fingerprint density at radius 2 is 1.94 bits per heavy atom. The van der Waals surface area contributed by atoms with Gasteiger partial charge in [-0.2, -0.15) is 0 Å². The van der Waals surface area contributed by atoms with Gasteiger partial charge in [0.15, 0.2) is 4.75 Å². The Hall–Kier alpha value is -2.96. The van der Waals surface area contributed by atoms with Crippen molar-refractivity contribution < 1.29 is 38.6 Å². The van der Waals surface area contributed by atoms with Crippen LogP contribution in [0.4, 0.5) is 5.69 Å². The van der Waals surface area contributed by atoms with Crippen molar-refractivity contribution in [2.75, 3.05) is 33.1 Å². The maximum absolute atomic E-state index is 12.9. The molecule has 1 fully saturated rings. The topological polar surface area (TPSA) is 154 Å². The summed E-state index contributed by atoms with van der Waals surface area (Å²) in [6.07, 6.45) is 2.39. The smallest absolute Gasteiger partial charge is 0.326 e. The molecule has 2 heterocycles. The van der Waals surface area contributed by atoms with Crippen molar-refractivity contribution in [2.24, 2.45) is 5.92 Å². The summed E-state index contributed by atoms with van der Waals surface area (Å²) in [5, 5.41) is 22.8. The molecule has 1 saturated heterocycles. The fraction of sp³-hybridized carbons (Fsp3) is 0.450. The highest BCUT2D eigenvalue weighted by Gasteiger charge is 2.72. The molecule has 2 bridgehead atoms. The number of hydrogen-bond acceptors (Lipinski definition) is 10. The van der Waals surface area contributed by atoms with Gasteiger partial charge in [0, 0.05) is 23.4 Å². The second-order valence-corrected chi connectivity index (χ2v) is 8.52. The van der Waals surface area contributed by atoms with Crippen LogP contribution in [0.3, 0.4) is 0 Å². The average Bonchev–Trinajstić information content (AvgIpc) is 3.35. The van der Waals surface area contributed by atoms with E-state index in [1.807, 2.05) is 0 Å². The van der Waals surface area contributed by atoms with Crippen molar-refractivity contribution in [1.82, 2.24) is 5.32 Å². The number of nitrogens with zero attached hydrogens (tertiary/aromatic N) is 1. The van der Waals surface area contributed by atoms with Crippen LogP contribution in [0.15, 0.2) is 36.4 Å². The number of non-ortho nitro benzene ring substituents is 1. The van der Waals surface area contributed by atoms with Crippen LogP contribution in [-0.4, -0.2) is 77.5 Å². The lowest BCUT2D eigenvalue weighted by atomic mass is 9.74. The second kappa shape index (κ2) is 9.27. The number of carbonyl (C=O) groups excluding carboxylic acids is 3. The molecule has 0 spiro atoms. The molecule has 0 radical (unpaired) electrons. The zero-order valence-electron chi connectivity index (χ0n) is 17.3. The van der Waals surface area contributed by atoms with Gasteiger partial charge in [0.1, 0.15) is 17.6 Å². The molecule has 0 aromatic heterocycles. The molecule has 1 aromatic rings. The standard InChI is InChI=1S/C20H22N2O9S/c1-29-17(25)15-19(11-21-16(24)12-3-5-13(6-4-12)22(27)28)8-7-14(31-19)20(15,18(26)30-2)32-10-9-23/h3-8,14-15,23H,9-11H2,1-2H3,(H,21,24)/t14-,15-,19-,20-/m1/s1. The van der Waals surface area contributed by atoms with E-state index >= 15 is 0 Å². The Kier molecular flexibility index (Phi) is 6.86. The summed E-state index contributed by atoms with van der Waals surface area (Å²) in [6.45, 7) is -0.411. The number of aliphatic hydroxyl groups is 1. The van der Waals surface area contributed by atoms with Crippen molar-refractivity contribution in [3.8, 4) is 0 Å². The van der Waals surface area contributed by atoms with E-state index < -0.39 is 45.1 Å². The van der Waals surface area contributed by atoms with Crippen LogP contribution in [0.1, 0.15) is 10.4 Å². The van der Waals surface area contributed by atoms with Crippen molar-refractivity contribution in [1.29, 1.82) is 0 Å². The number of thioether (sulfide) groups is 1. The molecule has 2 aliphatic rings. The van der Waals surface area contributed by atoms with Crippen LogP contribution >= 0.6 is 11.8 Å². The van der Waals surface area contributed by atoms with Gasteiger partial charge in [-0.3, -0.25) is 24.5 Å². The quantitative estimate of drug-likeness (QED) is 0.227. The SMILES string of the molecule is COC(=O)[C@H]1[C@@](SCCO)(C(=O)OC)[C@H]2C=C[C@]1(CNC(=O)c1ccc([N+](=O)[O-])cc1)O2. The van der Waals surface area contributed by atoms with Crippen LogP contribution < -0.4 is 5.32 Å². The number of benzene rings is 1. The number of carbonyl (C=O) groups is 3. The van der Waals surface area contributed by atoms with E-state index in [0.717, 1.165) is 11.8 Å². The number of fused-ring (bicyclic) bond motifs is 2. The molecule has 172 valence electrons. The maximum atomic E-state index is 12.9. The predicted octanol–water partition coefficient (Wildman–Crippen LogP) is 0.458. The molecule has 32 heavy (non-hydrogen) atoms.